The number of benzene rings is 2. The lowest BCUT2D eigenvalue weighted by molar-refractivity contribution is 0.102. The molecule has 0 bridgehead atoms. The van der Waals surface area contributed by atoms with Crippen molar-refractivity contribution in [1.82, 2.24) is 4.98 Å². The molecule has 0 saturated heterocycles. The van der Waals surface area contributed by atoms with Crippen LogP contribution in [0.15, 0.2) is 76.6 Å². The molecule has 0 fully saturated rings. The van der Waals surface area contributed by atoms with Gasteiger partial charge >= 0.3 is 0 Å². The molecule has 0 aliphatic rings. The van der Waals surface area contributed by atoms with Gasteiger partial charge < -0.3 is 15.0 Å². The molecule has 0 spiro atoms. The summed E-state index contributed by atoms with van der Waals surface area (Å²) in [4.78, 5) is 26.3. The quantitative estimate of drug-likeness (QED) is 0.588. The first-order valence-electron chi connectivity index (χ1n) is 8.15. The lowest BCUT2D eigenvalue weighted by atomic mass is 10.2. The van der Waals surface area contributed by atoms with Crippen LogP contribution in [0.2, 0.25) is 0 Å². The van der Waals surface area contributed by atoms with Crippen LogP contribution in [-0.4, -0.2) is 26.4 Å². The van der Waals surface area contributed by atoms with Gasteiger partial charge in [0.15, 0.2) is 0 Å². The fourth-order valence-electron chi connectivity index (χ4n) is 2.47. The van der Waals surface area contributed by atoms with E-state index in [4.69, 9.17) is 4.74 Å². The summed E-state index contributed by atoms with van der Waals surface area (Å²) < 4.78 is 33.0. The lowest BCUT2D eigenvalue weighted by Gasteiger charge is -2.12. The molecule has 144 valence electrons. The Bertz CT molecular complexity index is 1170. The Kier molecular flexibility index (Phi) is 5.46. The highest BCUT2D eigenvalue weighted by molar-refractivity contribution is 7.92. The Balaban J connectivity index is 1.85. The normalized spacial score (nSPS) is 10.9. The van der Waals surface area contributed by atoms with E-state index in [0.29, 0.717) is 5.75 Å². The molecule has 8 nitrogen and oxygen atoms in total. The second-order valence-corrected chi connectivity index (χ2v) is 7.38. The minimum absolute atomic E-state index is 0.0572. The molecule has 3 aromatic rings. The van der Waals surface area contributed by atoms with Gasteiger partial charge in [-0.05, 0) is 42.5 Å². The number of anilines is 2. The van der Waals surface area contributed by atoms with Crippen LogP contribution in [-0.2, 0) is 10.0 Å². The molecule has 0 atom stereocenters. The summed E-state index contributed by atoms with van der Waals surface area (Å²) in [6.45, 7) is 0. The van der Waals surface area contributed by atoms with Gasteiger partial charge in [0.2, 0.25) is 0 Å². The Morgan fingerprint density at radius 3 is 2.57 bits per heavy atom. The Hall–Kier alpha value is -3.59. The van der Waals surface area contributed by atoms with Gasteiger partial charge in [-0.1, -0.05) is 18.2 Å². The minimum Gasteiger partial charge on any atom is -0.495 e. The van der Waals surface area contributed by atoms with Crippen LogP contribution in [0.4, 0.5) is 11.4 Å². The number of rotatable bonds is 6. The second-order valence-electron chi connectivity index (χ2n) is 5.70. The first-order chi connectivity index (χ1) is 13.4. The van der Waals surface area contributed by atoms with E-state index >= 15 is 0 Å². The van der Waals surface area contributed by atoms with Crippen molar-refractivity contribution >= 4 is 27.3 Å². The molecule has 0 saturated carbocycles. The highest BCUT2D eigenvalue weighted by Gasteiger charge is 2.18. The van der Waals surface area contributed by atoms with Crippen LogP contribution in [0.1, 0.15) is 10.4 Å². The largest absolute Gasteiger partial charge is 0.495 e. The zero-order valence-electron chi connectivity index (χ0n) is 14.8. The lowest BCUT2D eigenvalue weighted by Crippen LogP contribution is -2.22. The summed E-state index contributed by atoms with van der Waals surface area (Å²) in [5.41, 5.74) is -0.101. The molecule has 0 radical (unpaired) electrons. The van der Waals surface area contributed by atoms with Crippen molar-refractivity contribution in [3.63, 3.8) is 0 Å². The third-order valence-corrected chi connectivity index (χ3v) is 5.18. The van der Waals surface area contributed by atoms with Crippen molar-refractivity contribution in [2.45, 2.75) is 4.90 Å². The van der Waals surface area contributed by atoms with Gasteiger partial charge in [0, 0.05) is 11.9 Å². The summed E-state index contributed by atoms with van der Waals surface area (Å²) in [6, 6.07) is 15.2. The van der Waals surface area contributed by atoms with Gasteiger partial charge in [0.05, 0.1) is 17.7 Å². The van der Waals surface area contributed by atoms with Crippen LogP contribution in [0, 0.1) is 0 Å². The molecule has 3 N–H and O–H groups in total. The number of ether oxygens (including phenoxy) is 1. The van der Waals surface area contributed by atoms with E-state index in [1.165, 1.54) is 49.7 Å². The first kappa shape index (κ1) is 19.2. The number of para-hydroxylation sites is 2. The Morgan fingerprint density at radius 1 is 1.04 bits per heavy atom. The zero-order chi connectivity index (χ0) is 20.1. The summed E-state index contributed by atoms with van der Waals surface area (Å²) >= 11 is 0. The summed E-state index contributed by atoms with van der Waals surface area (Å²) in [5.74, 6) is -0.270. The monoisotopic (exact) mass is 399 g/mol. The molecule has 1 amide bonds. The van der Waals surface area contributed by atoms with Gasteiger partial charge in [0.25, 0.3) is 21.5 Å². The van der Waals surface area contributed by atoms with E-state index < -0.39 is 21.5 Å². The highest BCUT2D eigenvalue weighted by atomic mass is 32.2. The number of sulfonamides is 1. The maximum atomic E-state index is 12.7. The van der Waals surface area contributed by atoms with Crippen molar-refractivity contribution in [2.24, 2.45) is 0 Å². The zero-order valence-corrected chi connectivity index (χ0v) is 15.6. The number of hydrogen-bond donors (Lipinski definition) is 3. The number of carbonyl (C=O) groups excluding carboxylic acids is 1. The van der Waals surface area contributed by atoms with Gasteiger partial charge in [-0.3, -0.25) is 14.3 Å². The number of aromatic nitrogens is 1. The van der Waals surface area contributed by atoms with Crippen LogP contribution in [0.25, 0.3) is 0 Å². The number of methoxy groups -OCH3 is 1. The predicted octanol–water partition coefficient (Wildman–Crippen LogP) is 2.44. The second kappa shape index (κ2) is 7.97. The molecule has 28 heavy (non-hydrogen) atoms. The van der Waals surface area contributed by atoms with E-state index in [0.717, 1.165) is 0 Å². The van der Waals surface area contributed by atoms with Crippen LogP contribution in [0.3, 0.4) is 0 Å². The van der Waals surface area contributed by atoms with Crippen LogP contribution in [0.5, 0.6) is 5.75 Å². The van der Waals surface area contributed by atoms with Gasteiger partial charge in [-0.2, -0.15) is 0 Å². The number of aromatic amines is 1. The molecule has 0 unspecified atom stereocenters. The summed E-state index contributed by atoms with van der Waals surface area (Å²) in [6.07, 6.45) is 1.41. The van der Waals surface area contributed by atoms with E-state index in [2.05, 4.69) is 15.0 Å². The van der Waals surface area contributed by atoms with E-state index in [9.17, 15) is 18.0 Å². The van der Waals surface area contributed by atoms with Crippen LogP contribution >= 0.6 is 0 Å². The van der Waals surface area contributed by atoms with Crippen LogP contribution < -0.4 is 20.3 Å². The third-order valence-electron chi connectivity index (χ3n) is 3.82. The molecule has 2 aromatic carbocycles. The van der Waals surface area contributed by atoms with Gasteiger partial charge in [-0.15, -0.1) is 0 Å². The third kappa shape index (κ3) is 4.21. The first-order valence-corrected chi connectivity index (χ1v) is 9.64. The number of amides is 1. The molecular formula is C19H17N3O5S. The average Bonchev–Trinajstić information content (AvgIpc) is 2.68. The van der Waals surface area contributed by atoms with E-state index in [1.54, 1.807) is 24.3 Å². The number of H-pyrrole nitrogens is 1. The van der Waals surface area contributed by atoms with E-state index in [-0.39, 0.29) is 21.8 Å². The number of pyridine rings is 1. The predicted molar refractivity (Wildman–Crippen MR) is 105 cm³/mol. The minimum atomic E-state index is -3.93. The Morgan fingerprint density at radius 2 is 1.82 bits per heavy atom. The molecule has 0 aliphatic carbocycles. The van der Waals surface area contributed by atoms with Crippen molar-refractivity contribution < 1.29 is 17.9 Å². The maximum Gasteiger partial charge on any atom is 0.262 e. The van der Waals surface area contributed by atoms with Crippen molar-refractivity contribution in [1.29, 1.82) is 0 Å². The molecule has 3 rings (SSSR count). The molecule has 9 heteroatoms. The number of hydrogen-bond acceptors (Lipinski definition) is 5. The molecule has 0 aliphatic heterocycles. The average molecular weight is 399 g/mol. The smallest absolute Gasteiger partial charge is 0.262 e. The number of carbonyl (C=O) groups is 1. The van der Waals surface area contributed by atoms with Crippen molar-refractivity contribution in [2.75, 3.05) is 17.1 Å². The summed E-state index contributed by atoms with van der Waals surface area (Å²) in [7, 11) is -2.49. The molecule has 1 heterocycles. The SMILES string of the molecule is COc1ccccc1NS(=O)(=O)c1cccc(NC(=O)c2ccc[nH]c2=O)c1. The standard InChI is InChI=1S/C19H17N3O5S/c1-27-17-10-3-2-9-16(17)22-28(25,26)14-7-4-6-13(12-14)21-19(24)15-8-5-11-20-18(15)23/h2-12,22H,1H3,(H,20,23)(H,21,24). The van der Waals surface area contributed by atoms with Gasteiger partial charge in [-0.25, -0.2) is 8.42 Å². The molecular weight excluding hydrogens is 382 g/mol. The Labute approximate surface area is 161 Å². The molecule has 1 aromatic heterocycles. The topological polar surface area (TPSA) is 117 Å². The van der Waals surface area contributed by atoms with Crippen molar-refractivity contribution in [3.05, 3.63) is 82.8 Å². The van der Waals surface area contributed by atoms with Crippen molar-refractivity contribution in [3.8, 4) is 5.75 Å². The summed E-state index contributed by atoms with van der Waals surface area (Å²) in [5, 5.41) is 2.52. The highest BCUT2D eigenvalue weighted by Crippen LogP contribution is 2.26. The fraction of sp³-hybridized carbons (Fsp3) is 0.0526. The maximum absolute atomic E-state index is 12.7. The van der Waals surface area contributed by atoms with E-state index in [1.807, 2.05) is 0 Å². The number of nitrogens with one attached hydrogen (secondary N) is 3. The fourth-order valence-corrected chi connectivity index (χ4v) is 3.59. The van der Waals surface area contributed by atoms with Gasteiger partial charge in [0.1, 0.15) is 11.3 Å².